The summed E-state index contributed by atoms with van der Waals surface area (Å²) in [6.07, 6.45) is 5.92. The van der Waals surface area contributed by atoms with Gasteiger partial charge in [0.25, 0.3) is 0 Å². The lowest BCUT2D eigenvalue weighted by atomic mass is 10.1. The van der Waals surface area contributed by atoms with E-state index in [1.165, 1.54) is 6.20 Å². The summed E-state index contributed by atoms with van der Waals surface area (Å²) in [5.74, 6) is 0.673. The van der Waals surface area contributed by atoms with Crippen LogP contribution in [-0.4, -0.2) is 23.9 Å². The van der Waals surface area contributed by atoms with Crippen molar-refractivity contribution >= 4 is 23.9 Å². The fourth-order valence-electron chi connectivity index (χ4n) is 3.79. The minimum absolute atomic E-state index is 0.189. The number of hydrogen-bond acceptors (Lipinski definition) is 3. The van der Waals surface area contributed by atoms with Gasteiger partial charge in [-0.25, -0.2) is 4.98 Å². The maximum Gasteiger partial charge on any atom is 0.376 e. The molecule has 4 rings (SSSR count). The summed E-state index contributed by atoms with van der Waals surface area (Å²) in [4.78, 5) is 23.4. The molecule has 0 spiro atoms. The largest absolute Gasteiger partial charge is 0.376 e. The minimum Gasteiger partial charge on any atom is -0.330 e. The van der Waals surface area contributed by atoms with Gasteiger partial charge in [-0.2, -0.15) is 5.26 Å². The van der Waals surface area contributed by atoms with Gasteiger partial charge in [0.2, 0.25) is 0 Å². The Balaban J connectivity index is 1.77. The Bertz CT molecular complexity index is 1330. The van der Waals surface area contributed by atoms with Crippen molar-refractivity contribution in [2.24, 2.45) is 0 Å². The number of nitriles is 1. The second-order valence-corrected chi connectivity index (χ2v) is 9.00. The molecule has 0 fully saturated rings. The van der Waals surface area contributed by atoms with Gasteiger partial charge in [-0.15, -0.1) is 0 Å². The molecule has 0 aliphatic carbocycles. The SMILES string of the molecule is CCCCc1nc(P(=O)(O)O)cn1Cc1cccc2c1ccn2-c1ccccc1C#N. The third-order valence-corrected chi connectivity index (χ3v) is 6.16. The lowest BCUT2D eigenvalue weighted by Gasteiger charge is -2.11. The average molecular weight is 434 g/mol. The number of fused-ring (bicyclic) bond motifs is 1. The Morgan fingerprint density at radius 1 is 1.13 bits per heavy atom. The van der Waals surface area contributed by atoms with E-state index < -0.39 is 7.60 Å². The Hall–Kier alpha value is -3.17. The van der Waals surface area contributed by atoms with E-state index in [0.29, 0.717) is 24.4 Å². The molecule has 2 aromatic heterocycles. The van der Waals surface area contributed by atoms with E-state index in [-0.39, 0.29) is 5.44 Å². The monoisotopic (exact) mass is 434 g/mol. The Morgan fingerprint density at radius 3 is 2.68 bits per heavy atom. The molecule has 7 nitrogen and oxygen atoms in total. The lowest BCUT2D eigenvalue weighted by Crippen LogP contribution is -2.05. The number of rotatable bonds is 7. The van der Waals surface area contributed by atoms with Crippen LogP contribution in [0.4, 0.5) is 0 Å². The average Bonchev–Trinajstić information content (AvgIpc) is 3.37. The van der Waals surface area contributed by atoms with Gasteiger partial charge in [-0.3, -0.25) is 4.57 Å². The topological polar surface area (TPSA) is 104 Å². The third-order valence-electron chi connectivity index (χ3n) is 5.35. The van der Waals surface area contributed by atoms with E-state index in [0.717, 1.165) is 35.0 Å². The highest BCUT2D eigenvalue weighted by molar-refractivity contribution is 7.60. The molecule has 2 N–H and O–H groups in total. The summed E-state index contributed by atoms with van der Waals surface area (Å²) in [6, 6.07) is 17.7. The molecular weight excluding hydrogens is 411 g/mol. The van der Waals surface area contributed by atoms with Crippen LogP contribution in [0.1, 0.15) is 36.7 Å². The molecule has 158 valence electrons. The van der Waals surface area contributed by atoms with Gasteiger partial charge < -0.3 is 18.9 Å². The number of nitrogens with zero attached hydrogens (tertiary/aromatic N) is 4. The standard InChI is InChI=1S/C23H23N4O3P/c1-2-3-11-22-25-23(31(28,29)30)16-26(22)15-18-8-6-10-21-19(18)12-13-27(21)20-9-5-4-7-17(20)14-24/h4-10,12-13,16H,2-3,11,15H2,1H3,(H2,28,29,30). The third kappa shape index (κ3) is 4.19. The fraction of sp³-hybridized carbons (Fsp3) is 0.217. The predicted molar refractivity (Wildman–Crippen MR) is 120 cm³/mol. The van der Waals surface area contributed by atoms with Crippen LogP contribution in [0.3, 0.4) is 0 Å². The van der Waals surface area contributed by atoms with Crippen LogP contribution >= 0.6 is 7.60 Å². The number of unbranched alkanes of at least 4 members (excludes halogenated alkanes) is 1. The summed E-state index contributed by atoms with van der Waals surface area (Å²) >= 11 is 0. The van der Waals surface area contributed by atoms with E-state index in [4.69, 9.17) is 0 Å². The number of para-hydroxylation sites is 1. The van der Waals surface area contributed by atoms with Crippen molar-refractivity contribution in [1.29, 1.82) is 5.26 Å². The van der Waals surface area contributed by atoms with Crippen LogP contribution in [0.15, 0.2) is 60.9 Å². The Labute approximate surface area is 180 Å². The van der Waals surface area contributed by atoms with E-state index in [1.807, 2.05) is 57.8 Å². The maximum atomic E-state index is 11.7. The maximum absolute atomic E-state index is 11.7. The number of benzene rings is 2. The van der Waals surface area contributed by atoms with E-state index in [2.05, 4.69) is 18.0 Å². The molecule has 0 aliphatic heterocycles. The molecule has 0 unspecified atom stereocenters. The van der Waals surface area contributed by atoms with Gasteiger partial charge in [0.1, 0.15) is 11.9 Å². The molecule has 0 atom stereocenters. The molecule has 8 heteroatoms. The first-order chi connectivity index (χ1) is 14.9. The fourth-order valence-corrected chi connectivity index (χ4v) is 4.33. The van der Waals surface area contributed by atoms with Crippen LogP contribution in [0.25, 0.3) is 16.6 Å². The smallest absolute Gasteiger partial charge is 0.330 e. The van der Waals surface area contributed by atoms with Crippen LogP contribution < -0.4 is 5.44 Å². The van der Waals surface area contributed by atoms with E-state index in [9.17, 15) is 19.6 Å². The first-order valence-corrected chi connectivity index (χ1v) is 11.7. The first kappa shape index (κ1) is 21.1. The van der Waals surface area contributed by atoms with Gasteiger partial charge in [0, 0.05) is 30.7 Å². The molecule has 0 radical (unpaired) electrons. The van der Waals surface area contributed by atoms with Gasteiger partial charge >= 0.3 is 7.60 Å². The number of aryl methyl sites for hydroxylation is 1. The number of aromatic nitrogens is 3. The Kier molecular flexibility index (Phi) is 5.79. The van der Waals surface area contributed by atoms with Crippen LogP contribution in [0.5, 0.6) is 0 Å². The van der Waals surface area contributed by atoms with E-state index in [1.54, 1.807) is 6.07 Å². The summed E-state index contributed by atoms with van der Waals surface area (Å²) in [5.41, 5.74) is 3.19. The molecule has 0 saturated heterocycles. The summed E-state index contributed by atoms with van der Waals surface area (Å²) in [6.45, 7) is 2.52. The quantitative estimate of drug-likeness (QED) is 0.430. The van der Waals surface area contributed by atoms with Gasteiger partial charge in [-0.05, 0) is 36.2 Å². The molecule has 0 amide bonds. The first-order valence-electron chi connectivity index (χ1n) is 10.1. The predicted octanol–water partition coefficient (Wildman–Crippen LogP) is 3.89. The summed E-state index contributed by atoms with van der Waals surface area (Å²) < 4.78 is 15.6. The van der Waals surface area contributed by atoms with E-state index >= 15 is 0 Å². The summed E-state index contributed by atoms with van der Waals surface area (Å²) in [7, 11) is -4.42. The molecule has 31 heavy (non-hydrogen) atoms. The molecular formula is C23H23N4O3P. The zero-order valence-corrected chi connectivity index (χ0v) is 18.0. The number of imidazole rings is 1. The minimum atomic E-state index is -4.42. The zero-order valence-electron chi connectivity index (χ0n) is 17.1. The lowest BCUT2D eigenvalue weighted by molar-refractivity contribution is 0.386. The molecule has 2 aromatic carbocycles. The molecule has 0 saturated carbocycles. The molecule has 0 aliphatic rings. The van der Waals surface area contributed by atoms with Crippen LogP contribution in [0.2, 0.25) is 0 Å². The van der Waals surface area contributed by atoms with Gasteiger partial charge in [0.15, 0.2) is 5.44 Å². The van der Waals surface area contributed by atoms with Crippen molar-refractivity contribution in [3.8, 4) is 11.8 Å². The van der Waals surface area contributed by atoms with Crippen molar-refractivity contribution < 1.29 is 14.4 Å². The highest BCUT2D eigenvalue weighted by Gasteiger charge is 2.23. The molecule has 4 aromatic rings. The van der Waals surface area contributed by atoms with Gasteiger partial charge in [0.05, 0.1) is 16.8 Å². The number of hydrogen-bond donors (Lipinski definition) is 2. The highest BCUT2D eigenvalue weighted by Crippen LogP contribution is 2.33. The normalized spacial score (nSPS) is 11.7. The highest BCUT2D eigenvalue weighted by atomic mass is 31.2. The summed E-state index contributed by atoms with van der Waals surface area (Å²) in [5, 5.41) is 10.5. The van der Waals surface area contributed by atoms with Crippen molar-refractivity contribution in [1.82, 2.24) is 14.1 Å². The van der Waals surface area contributed by atoms with Gasteiger partial charge in [-0.1, -0.05) is 37.6 Å². The van der Waals surface area contributed by atoms with Crippen LogP contribution in [-0.2, 0) is 17.5 Å². The van der Waals surface area contributed by atoms with Crippen molar-refractivity contribution in [2.45, 2.75) is 32.7 Å². The Morgan fingerprint density at radius 2 is 1.94 bits per heavy atom. The van der Waals surface area contributed by atoms with Crippen LogP contribution in [0, 0.1) is 11.3 Å². The van der Waals surface area contributed by atoms with Crippen molar-refractivity contribution in [3.05, 3.63) is 77.9 Å². The second kappa shape index (κ2) is 8.52. The van der Waals surface area contributed by atoms with Crippen molar-refractivity contribution in [3.63, 3.8) is 0 Å². The zero-order chi connectivity index (χ0) is 22.0. The van der Waals surface area contributed by atoms with Crippen molar-refractivity contribution in [2.75, 3.05) is 0 Å². The molecule has 2 heterocycles. The molecule has 0 bridgehead atoms. The second-order valence-electron chi connectivity index (χ2n) is 7.46.